The first-order valence-corrected chi connectivity index (χ1v) is 10.8. The van der Waals surface area contributed by atoms with E-state index in [4.69, 9.17) is 4.74 Å². The molecule has 0 unspecified atom stereocenters. The van der Waals surface area contributed by atoms with Gasteiger partial charge >= 0.3 is 0 Å². The molecule has 32 heavy (non-hydrogen) atoms. The van der Waals surface area contributed by atoms with E-state index in [2.05, 4.69) is 16.4 Å². The zero-order valence-corrected chi connectivity index (χ0v) is 17.3. The number of ether oxygens (including phenoxy) is 1. The number of H-pyrrole nitrogens is 1. The molecule has 3 aliphatic heterocycles. The van der Waals surface area contributed by atoms with Gasteiger partial charge in [0.15, 0.2) is 0 Å². The summed E-state index contributed by atoms with van der Waals surface area (Å²) in [5.41, 5.74) is 1.84. The summed E-state index contributed by atoms with van der Waals surface area (Å²) in [4.78, 5) is 31.5. The fraction of sp³-hybridized carbons (Fsp3) is 0.280. The van der Waals surface area contributed by atoms with Crippen LogP contribution in [0.4, 0.5) is 10.1 Å². The van der Waals surface area contributed by atoms with Crippen LogP contribution in [0.2, 0.25) is 0 Å². The highest BCUT2D eigenvalue weighted by Gasteiger charge is 2.66. The molecule has 6 rings (SSSR count). The minimum Gasteiger partial charge on any atom is -0.361 e. The number of benzene rings is 2. The molecule has 0 radical (unpaired) electrons. The number of hydrogen-bond acceptors (Lipinski definition) is 3. The number of carbonyl (C=O) groups is 2. The van der Waals surface area contributed by atoms with Crippen molar-refractivity contribution in [2.75, 3.05) is 18.4 Å². The molecule has 2 fully saturated rings. The van der Waals surface area contributed by atoms with Crippen molar-refractivity contribution in [2.24, 2.45) is 11.8 Å². The number of likely N-dealkylation sites (tertiary alicyclic amines) is 1. The second-order valence-electron chi connectivity index (χ2n) is 8.77. The number of carbonyl (C=O) groups excluding carboxylic acids is 2. The van der Waals surface area contributed by atoms with Crippen molar-refractivity contribution in [1.82, 2.24) is 9.88 Å². The fourth-order valence-corrected chi connectivity index (χ4v) is 5.45. The number of halogens is 1. The van der Waals surface area contributed by atoms with Crippen LogP contribution < -0.4 is 5.32 Å². The van der Waals surface area contributed by atoms with Crippen LogP contribution >= 0.6 is 0 Å². The summed E-state index contributed by atoms with van der Waals surface area (Å²) in [6.45, 7) is 0.995. The zero-order valence-electron chi connectivity index (χ0n) is 17.3. The van der Waals surface area contributed by atoms with Crippen LogP contribution in [0.25, 0.3) is 10.9 Å². The molecular formula is C25H22FN3O3. The Balaban J connectivity index is 1.20. The Labute approximate surface area is 184 Å². The Morgan fingerprint density at radius 1 is 1.25 bits per heavy atom. The van der Waals surface area contributed by atoms with Crippen LogP contribution in [0.1, 0.15) is 5.56 Å². The number of fused-ring (bicyclic) bond motifs is 2. The molecule has 2 saturated heterocycles. The van der Waals surface area contributed by atoms with Crippen molar-refractivity contribution in [3.63, 3.8) is 0 Å². The third kappa shape index (κ3) is 2.88. The number of rotatable bonds is 5. The number of amides is 2. The monoisotopic (exact) mass is 431 g/mol. The van der Waals surface area contributed by atoms with Gasteiger partial charge in [-0.3, -0.25) is 9.59 Å². The predicted octanol–water partition coefficient (Wildman–Crippen LogP) is 3.27. The molecule has 6 nitrogen and oxygen atoms in total. The largest absolute Gasteiger partial charge is 0.361 e. The minimum atomic E-state index is -0.758. The summed E-state index contributed by atoms with van der Waals surface area (Å²) in [6.07, 6.45) is 6.09. The van der Waals surface area contributed by atoms with E-state index in [1.165, 1.54) is 18.2 Å². The summed E-state index contributed by atoms with van der Waals surface area (Å²) >= 11 is 0. The van der Waals surface area contributed by atoms with Crippen LogP contribution in [0.3, 0.4) is 0 Å². The van der Waals surface area contributed by atoms with Crippen molar-refractivity contribution in [3.8, 4) is 0 Å². The summed E-state index contributed by atoms with van der Waals surface area (Å²) < 4.78 is 19.7. The van der Waals surface area contributed by atoms with Gasteiger partial charge in [0.2, 0.25) is 11.8 Å². The maximum atomic E-state index is 13.5. The molecule has 4 atom stereocenters. The lowest BCUT2D eigenvalue weighted by Crippen LogP contribution is -2.41. The predicted molar refractivity (Wildman–Crippen MR) is 117 cm³/mol. The molecule has 0 saturated carbocycles. The van der Waals surface area contributed by atoms with Crippen molar-refractivity contribution in [2.45, 2.75) is 18.1 Å². The third-order valence-corrected chi connectivity index (χ3v) is 6.90. The first-order chi connectivity index (χ1) is 15.5. The van der Waals surface area contributed by atoms with Crippen LogP contribution in [0.15, 0.2) is 66.9 Å². The summed E-state index contributed by atoms with van der Waals surface area (Å²) in [5, 5.41) is 3.92. The summed E-state index contributed by atoms with van der Waals surface area (Å²) in [6, 6.07) is 13.8. The number of anilines is 1. The molecule has 4 heterocycles. The number of hydrogen-bond donors (Lipinski definition) is 2. The molecule has 1 spiro atoms. The quantitative estimate of drug-likeness (QED) is 0.609. The van der Waals surface area contributed by atoms with E-state index in [0.717, 1.165) is 16.5 Å². The second-order valence-corrected chi connectivity index (χ2v) is 8.77. The van der Waals surface area contributed by atoms with E-state index in [-0.39, 0.29) is 11.8 Å². The smallest absolute Gasteiger partial charge is 0.231 e. The standard InChI is InChI=1S/C25H22FN3O3/c26-16-4-3-5-17(12-16)28-23(30)21-20-8-10-25(32-20)14-29(24(31)22(21)25)11-9-15-13-27-19-7-2-1-6-18(15)19/h1-8,10,12-13,20-22,27H,9,11,14H2,(H,28,30)/t20-,21-,22+,25-/m1/s1. The third-order valence-electron chi connectivity index (χ3n) is 6.90. The topological polar surface area (TPSA) is 74.4 Å². The van der Waals surface area contributed by atoms with Gasteiger partial charge in [-0.2, -0.15) is 0 Å². The Hall–Kier alpha value is -3.45. The normalized spacial score (nSPS) is 28.0. The van der Waals surface area contributed by atoms with Gasteiger partial charge in [-0.15, -0.1) is 0 Å². The van der Waals surface area contributed by atoms with E-state index in [9.17, 15) is 14.0 Å². The van der Waals surface area contributed by atoms with Gasteiger partial charge in [0.1, 0.15) is 11.4 Å². The van der Waals surface area contributed by atoms with E-state index < -0.39 is 29.4 Å². The van der Waals surface area contributed by atoms with Crippen molar-refractivity contribution in [1.29, 1.82) is 0 Å². The number of nitrogens with zero attached hydrogens (tertiary/aromatic N) is 1. The highest BCUT2D eigenvalue weighted by Crippen LogP contribution is 2.52. The van der Waals surface area contributed by atoms with Gasteiger partial charge in [-0.25, -0.2) is 4.39 Å². The molecule has 2 bridgehead atoms. The number of nitrogens with one attached hydrogen (secondary N) is 2. The second kappa shape index (κ2) is 7.03. The van der Waals surface area contributed by atoms with Gasteiger partial charge < -0.3 is 19.9 Å². The maximum absolute atomic E-state index is 13.5. The van der Waals surface area contributed by atoms with Crippen LogP contribution in [-0.2, 0) is 20.7 Å². The molecule has 2 N–H and O–H groups in total. The van der Waals surface area contributed by atoms with Crippen molar-refractivity contribution < 1.29 is 18.7 Å². The van der Waals surface area contributed by atoms with Gasteiger partial charge in [-0.1, -0.05) is 36.4 Å². The van der Waals surface area contributed by atoms with Gasteiger partial charge in [0, 0.05) is 29.3 Å². The molecule has 3 aliphatic rings. The number of aromatic nitrogens is 1. The number of aromatic amines is 1. The Bertz CT molecular complexity index is 1270. The summed E-state index contributed by atoms with van der Waals surface area (Å²) in [5.74, 6) is -1.99. The minimum absolute atomic E-state index is 0.0592. The van der Waals surface area contributed by atoms with E-state index >= 15 is 0 Å². The Kier molecular flexibility index (Phi) is 4.23. The van der Waals surface area contributed by atoms with E-state index in [1.807, 2.05) is 36.5 Å². The zero-order chi connectivity index (χ0) is 21.9. The lowest BCUT2D eigenvalue weighted by molar-refractivity contribution is -0.135. The lowest BCUT2D eigenvalue weighted by Gasteiger charge is -2.23. The molecule has 0 aliphatic carbocycles. The molecular weight excluding hydrogens is 409 g/mol. The van der Waals surface area contributed by atoms with E-state index in [0.29, 0.717) is 25.2 Å². The average molecular weight is 431 g/mol. The van der Waals surface area contributed by atoms with Crippen LogP contribution in [-0.4, -0.2) is 46.5 Å². The highest BCUT2D eigenvalue weighted by molar-refractivity contribution is 5.99. The first-order valence-electron chi connectivity index (χ1n) is 10.8. The molecule has 2 amide bonds. The SMILES string of the molecule is O=C(Nc1cccc(F)c1)[C@H]1[C@H]2C(=O)N(CCc3c[nH]c4ccccc34)C[C@]23C=C[C@H]1O3. The molecule has 7 heteroatoms. The molecule has 162 valence electrons. The highest BCUT2D eigenvalue weighted by atomic mass is 19.1. The fourth-order valence-electron chi connectivity index (χ4n) is 5.45. The first kappa shape index (κ1) is 19.3. The summed E-state index contributed by atoms with van der Waals surface area (Å²) in [7, 11) is 0. The molecule has 3 aromatic rings. The Morgan fingerprint density at radius 2 is 2.12 bits per heavy atom. The van der Waals surface area contributed by atoms with Gasteiger partial charge in [0.05, 0.1) is 24.5 Å². The number of para-hydroxylation sites is 1. The van der Waals surface area contributed by atoms with Crippen LogP contribution in [0.5, 0.6) is 0 Å². The average Bonchev–Trinajstić information content (AvgIpc) is 3.52. The van der Waals surface area contributed by atoms with Crippen molar-refractivity contribution in [3.05, 3.63) is 78.3 Å². The maximum Gasteiger partial charge on any atom is 0.231 e. The van der Waals surface area contributed by atoms with Crippen LogP contribution in [0, 0.1) is 17.7 Å². The van der Waals surface area contributed by atoms with E-state index in [1.54, 1.807) is 11.0 Å². The van der Waals surface area contributed by atoms with Gasteiger partial charge in [-0.05, 0) is 36.2 Å². The Morgan fingerprint density at radius 3 is 3.00 bits per heavy atom. The molecule has 1 aromatic heterocycles. The lowest BCUT2D eigenvalue weighted by atomic mass is 9.77. The molecule has 2 aromatic carbocycles. The van der Waals surface area contributed by atoms with Gasteiger partial charge in [0.25, 0.3) is 0 Å². The van der Waals surface area contributed by atoms with Crippen molar-refractivity contribution >= 4 is 28.4 Å².